The van der Waals surface area contributed by atoms with Gasteiger partial charge in [-0.25, -0.2) is 8.42 Å². The van der Waals surface area contributed by atoms with E-state index in [1.54, 1.807) is 60.3 Å². The lowest BCUT2D eigenvalue weighted by atomic mass is 10.1. The van der Waals surface area contributed by atoms with Gasteiger partial charge in [0.25, 0.3) is 10.0 Å². The molecule has 0 spiro atoms. The molecule has 0 aliphatic heterocycles. The van der Waals surface area contributed by atoms with Crippen molar-refractivity contribution in [2.24, 2.45) is 0 Å². The van der Waals surface area contributed by atoms with Crippen LogP contribution < -0.4 is 9.62 Å². The van der Waals surface area contributed by atoms with Crippen molar-refractivity contribution in [1.82, 2.24) is 0 Å². The highest BCUT2D eigenvalue weighted by Gasteiger charge is 2.27. The maximum Gasteiger partial charge on any atom is 0.264 e. The Kier molecular flexibility index (Phi) is 8.74. The number of rotatable bonds is 9. The SMILES string of the molecule is Cc1ccc(S(=O)(=O)N(CC(=O)Nc2ccc(CSc3ccccc3)cc2C)c2ccc(Br)cc2)cc1. The van der Waals surface area contributed by atoms with Crippen LogP contribution in [0.1, 0.15) is 16.7 Å². The lowest BCUT2D eigenvalue weighted by Gasteiger charge is -2.24. The molecule has 0 fully saturated rings. The first-order valence-corrected chi connectivity index (χ1v) is 14.9. The van der Waals surface area contributed by atoms with E-state index < -0.39 is 15.9 Å². The van der Waals surface area contributed by atoms with Crippen molar-refractivity contribution >= 4 is 55.0 Å². The van der Waals surface area contributed by atoms with Crippen molar-refractivity contribution in [1.29, 1.82) is 0 Å². The van der Waals surface area contributed by atoms with E-state index in [0.717, 1.165) is 31.2 Å². The summed E-state index contributed by atoms with van der Waals surface area (Å²) in [7, 11) is -3.97. The van der Waals surface area contributed by atoms with Gasteiger partial charge in [-0.15, -0.1) is 11.8 Å². The highest BCUT2D eigenvalue weighted by Crippen LogP contribution is 2.27. The van der Waals surface area contributed by atoms with Crippen LogP contribution in [0, 0.1) is 13.8 Å². The first-order chi connectivity index (χ1) is 17.7. The largest absolute Gasteiger partial charge is 0.324 e. The minimum atomic E-state index is -3.97. The zero-order valence-corrected chi connectivity index (χ0v) is 23.7. The number of benzene rings is 4. The number of carbonyl (C=O) groups excluding carboxylic acids is 1. The Morgan fingerprint density at radius 1 is 0.892 bits per heavy atom. The quantitative estimate of drug-likeness (QED) is 0.208. The molecule has 0 bridgehead atoms. The molecule has 37 heavy (non-hydrogen) atoms. The van der Waals surface area contributed by atoms with Crippen molar-refractivity contribution in [2.75, 3.05) is 16.2 Å². The molecule has 0 unspecified atom stereocenters. The van der Waals surface area contributed by atoms with Gasteiger partial charge in [-0.3, -0.25) is 9.10 Å². The van der Waals surface area contributed by atoms with Crippen LogP contribution in [0.15, 0.2) is 111 Å². The van der Waals surface area contributed by atoms with Crippen LogP contribution in [0.5, 0.6) is 0 Å². The summed E-state index contributed by atoms with van der Waals surface area (Å²) in [6.45, 7) is 3.47. The number of sulfonamides is 1. The Hall–Kier alpha value is -3.07. The third kappa shape index (κ3) is 7.03. The molecule has 0 heterocycles. The summed E-state index contributed by atoms with van der Waals surface area (Å²) >= 11 is 5.13. The van der Waals surface area contributed by atoms with Gasteiger partial charge in [-0.1, -0.05) is 64.0 Å². The lowest BCUT2D eigenvalue weighted by Crippen LogP contribution is -2.38. The van der Waals surface area contributed by atoms with Crippen LogP contribution in [0.25, 0.3) is 0 Å². The second-order valence-corrected chi connectivity index (χ2v) is 12.4. The third-order valence-corrected chi connectivity index (χ3v) is 9.12. The van der Waals surface area contributed by atoms with Crippen molar-refractivity contribution in [3.05, 3.63) is 118 Å². The topological polar surface area (TPSA) is 66.5 Å². The number of carbonyl (C=O) groups is 1. The monoisotopic (exact) mass is 594 g/mol. The second kappa shape index (κ2) is 12.0. The summed E-state index contributed by atoms with van der Waals surface area (Å²) in [6, 6.07) is 29.5. The molecule has 0 saturated carbocycles. The molecule has 1 N–H and O–H groups in total. The number of thioether (sulfide) groups is 1. The van der Waals surface area contributed by atoms with Crippen molar-refractivity contribution in [3.8, 4) is 0 Å². The van der Waals surface area contributed by atoms with E-state index in [-0.39, 0.29) is 11.4 Å². The van der Waals surface area contributed by atoms with Gasteiger partial charge in [0, 0.05) is 20.8 Å². The van der Waals surface area contributed by atoms with Crippen LogP contribution in [-0.4, -0.2) is 20.9 Å². The number of amides is 1. The summed E-state index contributed by atoms with van der Waals surface area (Å²) in [5, 5.41) is 2.89. The zero-order chi connectivity index (χ0) is 26.4. The van der Waals surface area contributed by atoms with Crippen LogP contribution in [0.4, 0.5) is 11.4 Å². The molecule has 0 saturated heterocycles. The lowest BCUT2D eigenvalue weighted by molar-refractivity contribution is -0.114. The molecular weight excluding hydrogens is 568 g/mol. The summed E-state index contributed by atoms with van der Waals surface area (Å²) < 4.78 is 29.1. The predicted octanol–water partition coefficient (Wildman–Crippen LogP) is 7.19. The van der Waals surface area contributed by atoms with Gasteiger partial charge in [-0.2, -0.15) is 0 Å². The molecule has 190 valence electrons. The van der Waals surface area contributed by atoms with Crippen LogP contribution in [-0.2, 0) is 20.6 Å². The van der Waals surface area contributed by atoms with Crippen molar-refractivity contribution in [2.45, 2.75) is 29.4 Å². The third-order valence-electron chi connectivity index (χ3n) is 5.72. The molecule has 0 radical (unpaired) electrons. The van der Waals surface area contributed by atoms with E-state index in [1.807, 2.05) is 50.2 Å². The number of halogens is 1. The molecule has 4 aromatic rings. The fourth-order valence-electron chi connectivity index (χ4n) is 3.72. The Labute approximate surface area is 231 Å². The summed E-state index contributed by atoms with van der Waals surface area (Å²) in [4.78, 5) is 14.4. The fraction of sp³-hybridized carbons (Fsp3) is 0.138. The van der Waals surface area contributed by atoms with Gasteiger partial charge in [0.15, 0.2) is 0 Å². The number of hydrogen-bond donors (Lipinski definition) is 1. The van der Waals surface area contributed by atoms with E-state index in [4.69, 9.17) is 0 Å². The Balaban J connectivity index is 1.51. The van der Waals surface area contributed by atoms with Gasteiger partial charge < -0.3 is 5.32 Å². The van der Waals surface area contributed by atoms with Gasteiger partial charge in [0.05, 0.1) is 10.6 Å². The molecule has 5 nitrogen and oxygen atoms in total. The summed E-state index contributed by atoms with van der Waals surface area (Å²) in [6.07, 6.45) is 0. The molecule has 0 atom stereocenters. The number of nitrogens with zero attached hydrogens (tertiary/aromatic N) is 1. The van der Waals surface area contributed by atoms with Gasteiger partial charge in [0.1, 0.15) is 6.54 Å². The zero-order valence-electron chi connectivity index (χ0n) is 20.5. The molecule has 0 aliphatic carbocycles. The number of hydrogen-bond acceptors (Lipinski definition) is 4. The number of aryl methyl sites for hydroxylation is 2. The van der Waals surface area contributed by atoms with Gasteiger partial charge in [0.2, 0.25) is 5.91 Å². The predicted molar refractivity (Wildman–Crippen MR) is 156 cm³/mol. The molecule has 8 heteroatoms. The summed E-state index contributed by atoms with van der Waals surface area (Å²) in [5.41, 5.74) is 4.07. The van der Waals surface area contributed by atoms with Crippen LogP contribution in [0.2, 0.25) is 0 Å². The Bertz CT molecular complexity index is 1470. The van der Waals surface area contributed by atoms with Crippen LogP contribution >= 0.6 is 27.7 Å². The highest BCUT2D eigenvalue weighted by atomic mass is 79.9. The average Bonchev–Trinajstić information content (AvgIpc) is 2.89. The van der Waals surface area contributed by atoms with E-state index in [9.17, 15) is 13.2 Å². The maximum atomic E-state index is 13.5. The minimum Gasteiger partial charge on any atom is -0.324 e. The first kappa shape index (κ1) is 27.0. The fourth-order valence-corrected chi connectivity index (χ4v) is 6.27. The van der Waals surface area contributed by atoms with Gasteiger partial charge >= 0.3 is 0 Å². The molecule has 0 aromatic heterocycles. The van der Waals surface area contributed by atoms with Crippen molar-refractivity contribution in [3.63, 3.8) is 0 Å². The molecule has 1 amide bonds. The molecule has 0 aliphatic rings. The molecule has 4 aromatic carbocycles. The summed E-state index contributed by atoms with van der Waals surface area (Å²) in [5.74, 6) is 0.388. The normalized spacial score (nSPS) is 11.2. The number of anilines is 2. The highest BCUT2D eigenvalue weighted by molar-refractivity contribution is 9.10. The van der Waals surface area contributed by atoms with E-state index in [0.29, 0.717) is 11.4 Å². The number of nitrogens with one attached hydrogen (secondary N) is 1. The first-order valence-electron chi connectivity index (χ1n) is 11.6. The Morgan fingerprint density at radius 2 is 1.57 bits per heavy atom. The van der Waals surface area contributed by atoms with E-state index in [2.05, 4.69) is 33.4 Å². The average molecular weight is 596 g/mol. The van der Waals surface area contributed by atoms with Crippen molar-refractivity contribution < 1.29 is 13.2 Å². The molecular formula is C29H27BrN2O3S2. The minimum absolute atomic E-state index is 0.130. The van der Waals surface area contributed by atoms with Crippen LogP contribution in [0.3, 0.4) is 0 Å². The van der Waals surface area contributed by atoms with E-state index in [1.165, 1.54) is 4.90 Å². The van der Waals surface area contributed by atoms with Gasteiger partial charge in [-0.05, 0) is 79.6 Å². The smallest absolute Gasteiger partial charge is 0.264 e. The standard InChI is InChI=1S/C29H27BrN2O3S2/c1-21-8-15-27(16-9-21)37(34,35)32(25-13-11-24(30)12-14-25)19-29(33)31-28-17-10-23(18-22(28)2)20-36-26-6-4-3-5-7-26/h3-18H,19-20H2,1-2H3,(H,31,33). The second-order valence-electron chi connectivity index (χ2n) is 8.60. The Morgan fingerprint density at radius 3 is 2.22 bits per heavy atom. The van der Waals surface area contributed by atoms with E-state index >= 15 is 0 Å². The maximum absolute atomic E-state index is 13.5. The molecule has 4 rings (SSSR count).